The van der Waals surface area contributed by atoms with Gasteiger partial charge in [0.2, 0.25) is 6.29 Å². The highest BCUT2D eigenvalue weighted by atomic mass is 35.5. The van der Waals surface area contributed by atoms with Crippen molar-refractivity contribution in [3.05, 3.63) is 0 Å². The van der Waals surface area contributed by atoms with E-state index in [0.717, 1.165) is 0 Å². The zero-order valence-corrected chi connectivity index (χ0v) is 11.8. The van der Waals surface area contributed by atoms with Crippen LogP contribution in [0.1, 0.15) is 34.1 Å². The van der Waals surface area contributed by atoms with Gasteiger partial charge >= 0.3 is 11.9 Å². The number of halogens is 1. The van der Waals surface area contributed by atoms with Crippen LogP contribution < -0.4 is 0 Å². The molecule has 104 valence electrons. The minimum Gasteiger partial charge on any atom is -0.455 e. The van der Waals surface area contributed by atoms with Crippen LogP contribution >= 0.6 is 11.6 Å². The molecule has 1 rings (SSSR count). The Balaban J connectivity index is 2.94. The maximum atomic E-state index is 11.1. The summed E-state index contributed by atoms with van der Waals surface area (Å²) < 4.78 is 16.0. The van der Waals surface area contributed by atoms with E-state index in [2.05, 4.69) is 0 Å². The molecule has 4 atom stereocenters. The van der Waals surface area contributed by atoms with Gasteiger partial charge in [0.05, 0.1) is 11.5 Å². The maximum absolute atomic E-state index is 11.1. The Morgan fingerprint density at radius 2 is 1.83 bits per heavy atom. The largest absolute Gasteiger partial charge is 0.455 e. The summed E-state index contributed by atoms with van der Waals surface area (Å²) in [7, 11) is 0. The summed E-state index contributed by atoms with van der Waals surface area (Å²) in [6.07, 6.45) is -0.863. The van der Waals surface area contributed by atoms with Crippen LogP contribution in [-0.4, -0.2) is 35.8 Å². The molecule has 0 saturated carbocycles. The quantitative estimate of drug-likeness (QED) is 0.580. The Bertz CT molecular complexity index is 326. The van der Waals surface area contributed by atoms with Crippen LogP contribution in [0.25, 0.3) is 0 Å². The van der Waals surface area contributed by atoms with Crippen molar-refractivity contribution in [2.75, 3.05) is 5.88 Å². The van der Waals surface area contributed by atoms with Gasteiger partial charge < -0.3 is 14.2 Å². The summed E-state index contributed by atoms with van der Waals surface area (Å²) in [6.45, 7) is 6.40. The third kappa shape index (κ3) is 2.95. The monoisotopic (exact) mass is 278 g/mol. The molecule has 0 aromatic carbocycles. The average molecular weight is 279 g/mol. The highest BCUT2D eigenvalue weighted by Crippen LogP contribution is 2.41. The van der Waals surface area contributed by atoms with Crippen molar-refractivity contribution in [1.82, 2.24) is 0 Å². The lowest BCUT2D eigenvalue weighted by molar-refractivity contribution is -0.202. The predicted octanol–water partition coefficient (Wildman–Crippen LogP) is 1.86. The Morgan fingerprint density at radius 3 is 2.22 bits per heavy atom. The molecule has 1 unspecified atom stereocenters. The van der Waals surface area contributed by atoms with Crippen LogP contribution in [0.4, 0.5) is 0 Å². The van der Waals surface area contributed by atoms with Gasteiger partial charge in [0.15, 0.2) is 6.10 Å². The smallest absolute Gasteiger partial charge is 0.305 e. The van der Waals surface area contributed by atoms with E-state index >= 15 is 0 Å². The van der Waals surface area contributed by atoms with Crippen LogP contribution in [0.15, 0.2) is 0 Å². The number of esters is 2. The van der Waals surface area contributed by atoms with E-state index in [0.29, 0.717) is 6.42 Å². The molecule has 6 heteroatoms. The predicted molar refractivity (Wildman–Crippen MR) is 65.1 cm³/mol. The lowest BCUT2D eigenvalue weighted by Gasteiger charge is -2.29. The fourth-order valence-corrected chi connectivity index (χ4v) is 2.69. The van der Waals surface area contributed by atoms with Gasteiger partial charge in [-0.05, 0) is 6.42 Å². The number of carbonyl (C=O) groups excluding carboxylic acids is 2. The molecule has 0 aromatic heterocycles. The summed E-state index contributed by atoms with van der Waals surface area (Å²) in [5.41, 5.74) is -0.637. The van der Waals surface area contributed by atoms with Crippen molar-refractivity contribution in [3.8, 4) is 0 Å². The second kappa shape index (κ2) is 5.89. The molecule has 0 aromatic rings. The lowest BCUT2D eigenvalue weighted by Crippen LogP contribution is -2.39. The molecule has 0 aliphatic carbocycles. The molecule has 0 amide bonds. The van der Waals surface area contributed by atoms with Gasteiger partial charge in [-0.25, -0.2) is 0 Å². The molecule has 1 saturated heterocycles. The number of alkyl halides is 1. The highest BCUT2D eigenvalue weighted by Gasteiger charge is 2.54. The van der Waals surface area contributed by atoms with Gasteiger partial charge in [-0.1, -0.05) is 13.8 Å². The third-order valence-corrected chi connectivity index (χ3v) is 3.80. The summed E-state index contributed by atoms with van der Waals surface area (Å²) in [5.74, 6) is -0.812. The topological polar surface area (TPSA) is 61.8 Å². The van der Waals surface area contributed by atoms with E-state index in [1.807, 2.05) is 13.8 Å². The minimum atomic E-state index is -0.889. The van der Waals surface area contributed by atoms with Crippen molar-refractivity contribution >= 4 is 23.5 Å². The molecule has 1 aliphatic heterocycles. The third-order valence-electron chi connectivity index (χ3n) is 3.35. The first-order valence-corrected chi connectivity index (χ1v) is 6.48. The first kappa shape index (κ1) is 15.2. The van der Waals surface area contributed by atoms with Crippen molar-refractivity contribution in [3.63, 3.8) is 0 Å². The Hall–Kier alpha value is -0.810. The van der Waals surface area contributed by atoms with Crippen LogP contribution in [-0.2, 0) is 23.8 Å². The van der Waals surface area contributed by atoms with E-state index in [-0.39, 0.29) is 11.8 Å². The fourth-order valence-electron chi connectivity index (χ4n) is 2.20. The number of carbonyl (C=O) groups is 2. The average Bonchev–Trinajstić information content (AvgIpc) is 2.53. The second-order valence-electron chi connectivity index (χ2n) is 4.51. The van der Waals surface area contributed by atoms with E-state index < -0.39 is 29.9 Å². The van der Waals surface area contributed by atoms with Gasteiger partial charge in [0, 0.05) is 19.8 Å². The molecule has 1 fully saturated rings. The SMILES string of the molecule is CC[C@@]1(CCl)OC(OC(C)=O)[C@H](OC(C)=O)[C@@H]1C. The number of hydrogen-bond donors (Lipinski definition) is 0. The van der Waals surface area contributed by atoms with E-state index in [1.165, 1.54) is 13.8 Å². The number of hydrogen-bond acceptors (Lipinski definition) is 5. The maximum Gasteiger partial charge on any atom is 0.305 e. The second-order valence-corrected chi connectivity index (χ2v) is 4.78. The van der Waals surface area contributed by atoms with E-state index in [9.17, 15) is 9.59 Å². The Kier molecular flexibility index (Phi) is 4.99. The summed E-state index contributed by atoms with van der Waals surface area (Å²) in [6, 6.07) is 0. The molecule has 1 heterocycles. The number of rotatable bonds is 4. The molecule has 0 radical (unpaired) electrons. The Labute approximate surface area is 112 Å². The highest BCUT2D eigenvalue weighted by molar-refractivity contribution is 6.18. The molecule has 0 bridgehead atoms. The van der Waals surface area contributed by atoms with Crippen LogP contribution in [0.3, 0.4) is 0 Å². The molecule has 0 spiro atoms. The molecule has 1 aliphatic rings. The number of ether oxygens (including phenoxy) is 3. The van der Waals surface area contributed by atoms with Gasteiger partial charge in [-0.2, -0.15) is 0 Å². The van der Waals surface area contributed by atoms with Crippen molar-refractivity contribution in [1.29, 1.82) is 0 Å². The van der Waals surface area contributed by atoms with Gasteiger partial charge in [0.25, 0.3) is 0 Å². The van der Waals surface area contributed by atoms with Crippen LogP contribution in [0, 0.1) is 5.92 Å². The van der Waals surface area contributed by atoms with Crippen molar-refractivity contribution in [2.45, 2.75) is 52.1 Å². The summed E-state index contributed by atoms with van der Waals surface area (Å²) >= 11 is 5.96. The lowest BCUT2D eigenvalue weighted by atomic mass is 9.86. The van der Waals surface area contributed by atoms with Gasteiger partial charge in [-0.15, -0.1) is 11.6 Å². The van der Waals surface area contributed by atoms with Crippen molar-refractivity contribution in [2.24, 2.45) is 5.92 Å². The fraction of sp³-hybridized carbons (Fsp3) is 0.833. The van der Waals surface area contributed by atoms with E-state index in [4.69, 9.17) is 25.8 Å². The molecule has 18 heavy (non-hydrogen) atoms. The molecule has 0 N–H and O–H groups in total. The Morgan fingerprint density at radius 1 is 1.28 bits per heavy atom. The molecular formula is C12H19ClO5. The zero-order valence-electron chi connectivity index (χ0n) is 11.1. The zero-order chi connectivity index (χ0) is 13.9. The summed E-state index contributed by atoms with van der Waals surface area (Å²) in [4.78, 5) is 22.2. The first-order chi connectivity index (χ1) is 8.36. The van der Waals surface area contributed by atoms with Crippen LogP contribution in [0.5, 0.6) is 0 Å². The molecule has 5 nitrogen and oxygen atoms in total. The van der Waals surface area contributed by atoms with E-state index in [1.54, 1.807) is 0 Å². The van der Waals surface area contributed by atoms with Crippen LogP contribution in [0.2, 0.25) is 0 Å². The van der Waals surface area contributed by atoms with Gasteiger partial charge in [-0.3, -0.25) is 9.59 Å². The minimum absolute atomic E-state index is 0.145. The van der Waals surface area contributed by atoms with Crippen molar-refractivity contribution < 1.29 is 23.8 Å². The van der Waals surface area contributed by atoms with Gasteiger partial charge in [0.1, 0.15) is 0 Å². The standard InChI is InChI=1S/C12H19ClO5/c1-5-12(6-13)7(2)10(16-8(3)14)11(18-12)17-9(4)15/h7,10-11H,5-6H2,1-4H3/t7-,10+,11?,12-/m0/s1. The first-order valence-electron chi connectivity index (χ1n) is 5.94. The normalized spacial score (nSPS) is 35.3. The molecular weight excluding hydrogens is 260 g/mol. The summed E-state index contributed by atoms with van der Waals surface area (Å²) in [5, 5.41) is 0.